The van der Waals surface area contributed by atoms with Gasteiger partial charge in [-0.05, 0) is 18.2 Å². The number of methoxy groups -OCH3 is 2. The fourth-order valence-electron chi connectivity index (χ4n) is 2.32. The average Bonchev–Trinajstić information content (AvgIpc) is 2.84. The highest BCUT2D eigenvalue weighted by molar-refractivity contribution is 6.11. The second-order valence-corrected chi connectivity index (χ2v) is 4.26. The third kappa shape index (κ3) is 1.73. The molecule has 3 aromatic rings. The van der Waals surface area contributed by atoms with Crippen molar-refractivity contribution in [1.29, 1.82) is 0 Å². The molecule has 0 fully saturated rings. The number of aromatic amines is 1. The van der Waals surface area contributed by atoms with Gasteiger partial charge in [0.05, 0.1) is 25.3 Å². The number of ether oxygens (including phenoxy) is 2. The van der Waals surface area contributed by atoms with Crippen molar-refractivity contribution < 1.29 is 14.3 Å². The minimum absolute atomic E-state index is 0.370. The zero-order chi connectivity index (χ0) is 13.4. The lowest BCUT2D eigenvalue weighted by atomic mass is 10.1. The zero-order valence-electron chi connectivity index (χ0n) is 10.7. The van der Waals surface area contributed by atoms with Crippen molar-refractivity contribution in [3.63, 3.8) is 0 Å². The number of H-pyrrole nitrogens is 1. The van der Waals surface area contributed by atoms with Gasteiger partial charge >= 0.3 is 5.97 Å². The molecule has 4 nitrogen and oxygen atoms in total. The molecule has 0 amide bonds. The summed E-state index contributed by atoms with van der Waals surface area (Å²) in [4.78, 5) is 15.0. The lowest BCUT2D eigenvalue weighted by molar-refractivity contribution is 0.0600. The van der Waals surface area contributed by atoms with Crippen LogP contribution in [0.15, 0.2) is 36.4 Å². The van der Waals surface area contributed by atoms with Gasteiger partial charge in [0.25, 0.3) is 0 Å². The average molecular weight is 255 g/mol. The van der Waals surface area contributed by atoms with Gasteiger partial charge in [-0.25, -0.2) is 4.79 Å². The van der Waals surface area contributed by atoms with Gasteiger partial charge in [-0.3, -0.25) is 0 Å². The zero-order valence-corrected chi connectivity index (χ0v) is 10.7. The SMILES string of the molecule is COC(=O)c1cc(OC)c2[nH]c3ccccc3c2c1. The van der Waals surface area contributed by atoms with Crippen molar-refractivity contribution in [2.24, 2.45) is 0 Å². The van der Waals surface area contributed by atoms with Gasteiger partial charge in [-0.15, -0.1) is 0 Å². The monoisotopic (exact) mass is 255 g/mol. The summed E-state index contributed by atoms with van der Waals surface area (Å²) in [5.74, 6) is 0.264. The Morgan fingerprint density at radius 2 is 1.89 bits per heavy atom. The van der Waals surface area contributed by atoms with E-state index in [1.165, 1.54) is 7.11 Å². The van der Waals surface area contributed by atoms with Gasteiger partial charge in [-0.1, -0.05) is 18.2 Å². The van der Waals surface area contributed by atoms with Crippen LogP contribution in [0.5, 0.6) is 5.75 Å². The Morgan fingerprint density at radius 1 is 1.11 bits per heavy atom. The Balaban J connectivity index is 2.40. The number of benzene rings is 2. The molecular formula is C15H13NO3. The number of fused-ring (bicyclic) bond motifs is 3. The molecule has 0 aliphatic carbocycles. The Bertz CT molecular complexity index is 774. The molecule has 0 unspecified atom stereocenters. The third-order valence-corrected chi connectivity index (χ3v) is 3.22. The first-order valence-electron chi connectivity index (χ1n) is 5.91. The van der Waals surface area contributed by atoms with E-state index in [9.17, 15) is 4.79 Å². The molecule has 1 N–H and O–H groups in total. The van der Waals surface area contributed by atoms with E-state index in [4.69, 9.17) is 9.47 Å². The highest BCUT2D eigenvalue weighted by Crippen LogP contribution is 2.33. The lowest BCUT2D eigenvalue weighted by Gasteiger charge is -2.05. The minimum Gasteiger partial charge on any atom is -0.495 e. The molecule has 1 aromatic heterocycles. The van der Waals surface area contributed by atoms with Crippen molar-refractivity contribution in [3.8, 4) is 5.75 Å². The first kappa shape index (κ1) is 11.6. The molecule has 0 aliphatic rings. The summed E-state index contributed by atoms with van der Waals surface area (Å²) in [6.07, 6.45) is 0. The van der Waals surface area contributed by atoms with Crippen LogP contribution < -0.4 is 4.74 Å². The maximum atomic E-state index is 11.7. The Hall–Kier alpha value is -2.49. The van der Waals surface area contributed by atoms with E-state index >= 15 is 0 Å². The van der Waals surface area contributed by atoms with Crippen LogP contribution in [0.3, 0.4) is 0 Å². The van der Waals surface area contributed by atoms with Gasteiger partial charge in [0.1, 0.15) is 5.75 Å². The molecule has 0 bridgehead atoms. The summed E-state index contributed by atoms with van der Waals surface area (Å²) in [5.41, 5.74) is 2.38. The number of carbonyl (C=O) groups is 1. The quantitative estimate of drug-likeness (QED) is 0.716. The van der Waals surface area contributed by atoms with Crippen LogP contribution >= 0.6 is 0 Å². The van der Waals surface area contributed by atoms with Crippen LogP contribution in [0.1, 0.15) is 10.4 Å². The first-order chi connectivity index (χ1) is 9.24. The highest BCUT2D eigenvalue weighted by atomic mass is 16.5. The summed E-state index contributed by atoms with van der Waals surface area (Å²) in [6, 6.07) is 11.4. The van der Waals surface area contributed by atoms with Crippen LogP contribution in [0.25, 0.3) is 21.8 Å². The lowest BCUT2D eigenvalue weighted by Crippen LogP contribution is -2.01. The summed E-state index contributed by atoms with van der Waals surface area (Å²) in [6.45, 7) is 0. The highest BCUT2D eigenvalue weighted by Gasteiger charge is 2.14. The van der Waals surface area contributed by atoms with Crippen molar-refractivity contribution in [2.75, 3.05) is 14.2 Å². The molecule has 3 rings (SSSR count). The van der Waals surface area contributed by atoms with E-state index in [0.717, 1.165) is 21.8 Å². The summed E-state index contributed by atoms with van der Waals surface area (Å²) in [7, 11) is 2.95. The topological polar surface area (TPSA) is 51.3 Å². The standard InChI is InChI=1S/C15H13NO3/c1-18-13-8-9(15(17)19-2)7-11-10-5-3-4-6-12(10)16-14(11)13/h3-8,16H,1-2H3. The van der Waals surface area contributed by atoms with Crippen LogP contribution in [-0.4, -0.2) is 25.2 Å². The molecule has 0 aliphatic heterocycles. The minimum atomic E-state index is -0.370. The molecule has 0 atom stereocenters. The number of hydrogen-bond donors (Lipinski definition) is 1. The largest absolute Gasteiger partial charge is 0.495 e. The number of hydrogen-bond acceptors (Lipinski definition) is 3. The van der Waals surface area contributed by atoms with Crippen LogP contribution in [0, 0.1) is 0 Å². The van der Waals surface area contributed by atoms with Gasteiger partial charge in [0, 0.05) is 16.3 Å². The van der Waals surface area contributed by atoms with E-state index in [1.807, 2.05) is 30.3 Å². The molecule has 96 valence electrons. The Labute approximate surface area is 109 Å². The summed E-state index contributed by atoms with van der Waals surface area (Å²) < 4.78 is 10.1. The molecule has 1 heterocycles. The van der Waals surface area contributed by atoms with E-state index in [-0.39, 0.29) is 5.97 Å². The number of carbonyl (C=O) groups excluding carboxylic acids is 1. The smallest absolute Gasteiger partial charge is 0.338 e. The normalized spacial score (nSPS) is 10.8. The number of para-hydroxylation sites is 1. The summed E-state index contributed by atoms with van der Waals surface area (Å²) >= 11 is 0. The number of nitrogens with one attached hydrogen (secondary N) is 1. The van der Waals surface area contributed by atoms with E-state index in [1.54, 1.807) is 13.2 Å². The predicted molar refractivity (Wildman–Crippen MR) is 73.7 cm³/mol. The van der Waals surface area contributed by atoms with Gasteiger partial charge in [0.2, 0.25) is 0 Å². The van der Waals surface area contributed by atoms with Crippen LogP contribution in [0.2, 0.25) is 0 Å². The third-order valence-electron chi connectivity index (χ3n) is 3.22. The molecule has 0 saturated heterocycles. The molecule has 0 spiro atoms. The van der Waals surface area contributed by atoms with E-state index in [2.05, 4.69) is 4.98 Å². The Morgan fingerprint density at radius 3 is 2.63 bits per heavy atom. The van der Waals surface area contributed by atoms with E-state index < -0.39 is 0 Å². The fraction of sp³-hybridized carbons (Fsp3) is 0.133. The van der Waals surface area contributed by atoms with Crippen molar-refractivity contribution in [2.45, 2.75) is 0 Å². The van der Waals surface area contributed by atoms with Gasteiger partial charge in [-0.2, -0.15) is 0 Å². The molecule has 0 saturated carbocycles. The summed E-state index contributed by atoms with van der Waals surface area (Å²) in [5, 5.41) is 2.01. The molecule has 2 aromatic carbocycles. The fourth-order valence-corrected chi connectivity index (χ4v) is 2.32. The van der Waals surface area contributed by atoms with Crippen molar-refractivity contribution in [1.82, 2.24) is 4.98 Å². The molecular weight excluding hydrogens is 242 g/mol. The van der Waals surface area contributed by atoms with Gasteiger partial charge in [0.15, 0.2) is 0 Å². The number of esters is 1. The second-order valence-electron chi connectivity index (χ2n) is 4.26. The number of rotatable bonds is 2. The van der Waals surface area contributed by atoms with Crippen LogP contribution in [-0.2, 0) is 4.74 Å². The predicted octanol–water partition coefficient (Wildman–Crippen LogP) is 3.12. The maximum Gasteiger partial charge on any atom is 0.338 e. The molecule has 4 heteroatoms. The van der Waals surface area contributed by atoms with Gasteiger partial charge < -0.3 is 14.5 Å². The van der Waals surface area contributed by atoms with E-state index in [0.29, 0.717) is 11.3 Å². The van der Waals surface area contributed by atoms with Crippen molar-refractivity contribution in [3.05, 3.63) is 42.0 Å². The van der Waals surface area contributed by atoms with Crippen molar-refractivity contribution >= 4 is 27.8 Å². The molecule has 19 heavy (non-hydrogen) atoms. The molecule has 0 radical (unpaired) electrons. The second kappa shape index (κ2) is 4.31. The Kier molecular flexibility index (Phi) is 2.63. The number of aromatic nitrogens is 1. The first-order valence-corrected chi connectivity index (χ1v) is 5.91. The maximum absolute atomic E-state index is 11.7. The van der Waals surface area contributed by atoms with Crippen LogP contribution in [0.4, 0.5) is 0 Å².